The van der Waals surface area contributed by atoms with Gasteiger partial charge in [0, 0.05) is 6.54 Å². The van der Waals surface area contributed by atoms with Crippen LogP contribution in [0.3, 0.4) is 0 Å². The molecule has 2 N–H and O–H groups in total. The van der Waals surface area contributed by atoms with Gasteiger partial charge in [-0.05, 0) is 54.7 Å². The van der Waals surface area contributed by atoms with Crippen LogP contribution in [0.1, 0.15) is 36.8 Å². The Kier molecular flexibility index (Phi) is 4.06. The molecule has 0 amide bonds. The lowest BCUT2D eigenvalue weighted by Crippen LogP contribution is -2.26. The van der Waals surface area contributed by atoms with E-state index in [1.54, 1.807) is 0 Å². The van der Waals surface area contributed by atoms with E-state index in [1.807, 2.05) is 24.3 Å². The van der Waals surface area contributed by atoms with Gasteiger partial charge in [0.25, 0.3) is 0 Å². The third kappa shape index (κ3) is 3.21. The van der Waals surface area contributed by atoms with Crippen LogP contribution in [-0.2, 0) is 17.8 Å². The van der Waals surface area contributed by atoms with Crippen LogP contribution in [0.5, 0.6) is 0 Å². The first-order valence-corrected chi connectivity index (χ1v) is 7.71. The third-order valence-corrected chi connectivity index (χ3v) is 5.00. The molecule has 108 valence electrons. The zero-order valence-electron chi connectivity index (χ0n) is 11.8. The number of hydrogen-bond acceptors (Lipinski definition) is 2. The van der Waals surface area contributed by atoms with E-state index in [9.17, 15) is 4.79 Å². The van der Waals surface area contributed by atoms with Gasteiger partial charge < -0.3 is 10.4 Å². The second-order valence-corrected chi connectivity index (χ2v) is 6.45. The Balaban J connectivity index is 1.43. The average Bonchev–Trinajstić information content (AvgIpc) is 3.02. The molecule has 2 aliphatic carbocycles. The van der Waals surface area contributed by atoms with Crippen molar-refractivity contribution in [1.82, 2.24) is 5.32 Å². The minimum atomic E-state index is -0.771. The van der Waals surface area contributed by atoms with Crippen molar-refractivity contribution in [3.8, 4) is 0 Å². The van der Waals surface area contributed by atoms with Crippen molar-refractivity contribution in [2.24, 2.45) is 17.8 Å². The second kappa shape index (κ2) is 5.96. The first kappa shape index (κ1) is 13.6. The van der Waals surface area contributed by atoms with E-state index in [2.05, 4.69) is 5.32 Å². The van der Waals surface area contributed by atoms with Gasteiger partial charge in [-0.25, -0.2) is 0 Å². The predicted octanol–water partition coefficient (Wildman–Crippen LogP) is 2.84. The highest BCUT2D eigenvalue weighted by atomic mass is 16.4. The molecule has 2 aliphatic rings. The summed E-state index contributed by atoms with van der Waals surface area (Å²) in [6.07, 6.45) is 5.91. The summed E-state index contributed by atoms with van der Waals surface area (Å²) in [7, 11) is 0. The molecule has 0 saturated heterocycles. The number of carbonyl (C=O) groups is 1. The first-order chi connectivity index (χ1) is 9.70. The first-order valence-electron chi connectivity index (χ1n) is 7.71. The Morgan fingerprint density at radius 2 is 1.90 bits per heavy atom. The Hall–Kier alpha value is -1.35. The van der Waals surface area contributed by atoms with Gasteiger partial charge in [-0.3, -0.25) is 4.79 Å². The topological polar surface area (TPSA) is 49.3 Å². The molecule has 20 heavy (non-hydrogen) atoms. The van der Waals surface area contributed by atoms with Crippen LogP contribution in [0.2, 0.25) is 0 Å². The molecule has 3 unspecified atom stereocenters. The molecule has 2 fully saturated rings. The number of nitrogens with one attached hydrogen (secondary N) is 1. The van der Waals surface area contributed by atoms with Crippen LogP contribution in [-0.4, -0.2) is 17.6 Å². The number of carboxylic acids is 1. The van der Waals surface area contributed by atoms with Gasteiger partial charge in [0.15, 0.2) is 0 Å². The van der Waals surface area contributed by atoms with E-state index >= 15 is 0 Å². The zero-order chi connectivity index (χ0) is 13.9. The summed E-state index contributed by atoms with van der Waals surface area (Å²) in [5.74, 6) is 2.11. The fourth-order valence-electron chi connectivity index (χ4n) is 3.98. The van der Waals surface area contributed by atoms with E-state index in [0.29, 0.717) is 0 Å². The molecular weight excluding hydrogens is 250 g/mol. The molecule has 0 radical (unpaired) electrons. The van der Waals surface area contributed by atoms with Crippen LogP contribution < -0.4 is 5.32 Å². The Morgan fingerprint density at radius 1 is 1.15 bits per heavy atom. The minimum absolute atomic E-state index is 0.110. The molecule has 0 aromatic heterocycles. The van der Waals surface area contributed by atoms with Crippen LogP contribution in [0.15, 0.2) is 24.3 Å². The van der Waals surface area contributed by atoms with Crippen molar-refractivity contribution in [2.45, 2.75) is 38.6 Å². The molecule has 3 heteroatoms. The van der Waals surface area contributed by atoms with E-state index in [0.717, 1.165) is 36.4 Å². The fraction of sp³-hybridized carbons (Fsp3) is 0.588. The van der Waals surface area contributed by atoms with Crippen LogP contribution in [0.4, 0.5) is 0 Å². The number of carboxylic acid groups (broad SMARTS) is 1. The summed E-state index contributed by atoms with van der Waals surface area (Å²) >= 11 is 0. The lowest BCUT2D eigenvalue weighted by Gasteiger charge is -2.21. The molecule has 0 aliphatic heterocycles. The summed E-state index contributed by atoms with van der Waals surface area (Å²) in [5.41, 5.74) is 2.11. The monoisotopic (exact) mass is 273 g/mol. The van der Waals surface area contributed by atoms with Crippen molar-refractivity contribution < 1.29 is 9.90 Å². The smallest absolute Gasteiger partial charge is 0.307 e. The number of hydrogen-bond donors (Lipinski definition) is 2. The Labute approximate surface area is 120 Å². The summed E-state index contributed by atoms with van der Waals surface area (Å²) in [6, 6.07) is 7.91. The molecule has 3 nitrogen and oxygen atoms in total. The zero-order valence-corrected chi connectivity index (χ0v) is 11.8. The highest BCUT2D eigenvalue weighted by Gasteiger charge is 2.38. The highest BCUT2D eigenvalue weighted by molar-refractivity contribution is 5.70. The summed E-state index contributed by atoms with van der Waals surface area (Å²) < 4.78 is 0. The van der Waals surface area contributed by atoms with Crippen molar-refractivity contribution in [3.63, 3.8) is 0 Å². The standard InChI is InChI=1S/C17H23NO2/c19-17(20)9-12-1-3-13(4-2-12)10-18-11-16-8-14-5-6-15(16)7-14/h1-4,14-16,18H,5-11H2,(H,19,20). The van der Waals surface area contributed by atoms with Crippen molar-refractivity contribution in [1.29, 1.82) is 0 Å². The Bertz CT molecular complexity index is 468. The molecule has 2 bridgehead atoms. The number of rotatable bonds is 6. The Morgan fingerprint density at radius 3 is 2.50 bits per heavy atom. The maximum Gasteiger partial charge on any atom is 0.307 e. The van der Waals surface area contributed by atoms with Gasteiger partial charge >= 0.3 is 5.97 Å². The van der Waals surface area contributed by atoms with Crippen LogP contribution in [0, 0.1) is 17.8 Å². The predicted molar refractivity (Wildman–Crippen MR) is 78.4 cm³/mol. The van der Waals surface area contributed by atoms with E-state index in [4.69, 9.17) is 5.11 Å². The summed E-state index contributed by atoms with van der Waals surface area (Å²) in [4.78, 5) is 10.6. The number of aliphatic carboxylic acids is 1. The van der Waals surface area contributed by atoms with E-state index in [1.165, 1.54) is 31.2 Å². The van der Waals surface area contributed by atoms with E-state index in [-0.39, 0.29) is 6.42 Å². The minimum Gasteiger partial charge on any atom is -0.481 e. The number of fused-ring (bicyclic) bond motifs is 2. The fourth-order valence-corrected chi connectivity index (χ4v) is 3.98. The van der Waals surface area contributed by atoms with Crippen molar-refractivity contribution >= 4 is 5.97 Å². The van der Waals surface area contributed by atoms with Gasteiger partial charge in [0.1, 0.15) is 0 Å². The van der Waals surface area contributed by atoms with Gasteiger partial charge in [0.05, 0.1) is 6.42 Å². The van der Waals surface area contributed by atoms with Crippen LogP contribution >= 0.6 is 0 Å². The molecule has 2 saturated carbocycles. The van der Waals surface area contributed by atoms with Crippen LogP contribution in [0.25, 0.3) is 0 Å². The van der Waals surface area contributed by atoms with Gasteiger partial charge in [0.2, 0.25) is 0 Å². The molecular formula is C17H23NO2. The van der Waals surface area contributed by atoms with Gasteiger partial charge in [-0.2, -0.15) is 0 Å². The van der Waals surface area contributed by atoms with Gasteiger partial charge in [-0.15, -0.1) is 0 Å². The largest absolute Gasteiger partial charge is 0.481 e. The molecule has 0 spiro atoms. The SMILES string of the molecule is O=C(O)Cc1ccc(CNCC2CC3CCC2C3)cc1. The average molecular weight is 273 g/mol. The van der Waals surface area contributed by atoms with E-state index < -0.39 is 5.97 Å². The summed E-state index contributed by atoms with van der Waals surface area (Å²) in [6.45, 7) is 2.03. The van der Waals surface area contributed by atoms with Gasteiger partial charge in [-0.1, -0.05) is 30.7 Å². The third-order valence-electron chi connectivity index (χ3n) is 5.00. The molecule has 1 aromatic carbocycles. The highest BCUT2D eigenvalue weighted by Crippen LogP contribution is 2.47. The second-order valence-electron chi connectivity index (χ2n) is 6.45. The summed E-state index contributed by atoms with van der Waals surface area (Å²) in [5, 5.41) is 12.3. The maximum absolute atomic E-state index is 10.6. The number of benzene rings is 1. The molecule has 3 atom stereocenters. The van der Waals surface area contributed by atoms with Crippen molar-refractivity contribution in [3.05, 3.63) is 35.4 Å². The lowest BCUT2D eigenvalue weighted by molar-refractivity contribution is -0.136. The lowest BCUT2D eigenvalue weighted by atomic mass is 9.89. The van der Waals surface area contributed by atoms with Crippen molar-refractivity contribution in [2.75, 3.05) is 6.54 Å². The molecule has 0 heterocycles. The maximum atomic E-state index is 10.6. The molecule has 3 rings (SSSR count). The molecule has 1 aromatic rings. The quantitative estimate of drug-likeness (QED) is 0.838. The normalized spacial score (nSPS) is 27.9.